The molecule has 2 heterocycles. The molecule has 0 bridgehead atoms. The van der Waals surface area contributed by atoms with E-state index in [0.29, 0.717) is 17.9 Å². The molecule has 1 aromatic heterocycles. The highest BCUT2D eigenvalue weighted by Gasteiger charge is 2.29. The molecule has 1 aliphatic heterocycles. The number of aliphatic hydroxyl groups is 2. The summed E-state index contributed by atoms with van der Waals surface area (Å²) in [7, 11) is 0. The van der Waals surface area contributed by atoms with Gasteiger partial charge >= 0.3 is 0 Å². The van der Waals surface area contributed by atoms with E-state index >= 15 is 0 Å². The Morgan fingerprint density at radius 3 is 2.63 bits per heavy atom. The van der Waals surface area contributed by atoms with E-state index in [0.717, 1.165) is 58.0 Å². The topological polar surface area (TPSA) is 128 Å². The first-order chi connectivity index (χ1) is 14.5. The normalized spacial score (nSPS) is 25.1. The molecule has 1 saturated carbocycles. The predicted octanol–water partition coefficient (Wildman–Crippen LogP) is 0.727. The highest BCUT2D eigenvalue weighted by molar-refractivity contribution is 5.94. The second kappa shape index (κ2) is 10.9. The number of aromatic nitrogens is 1. The average Bonchev–Trinajstić information content (AvgIpc) is 3.15. The molecule has 2 amide bonds. The Morgan fingerprint density at radius 1 is 1.17 bits per heavy atom. The molecular weight excluding hydrogens is 388 g/mol. The molecule has 0 spiro atoms. The molecular formula is C21H34N4O5. The molecule has 1 aliphatic carbocycles. The number of nitrogens with one attached hydrogen (secondary N) is 2. The molecule has 2 fully saturated rings. The molecule has 9 nitrogen and oxygen atoms in total. The fourth-order valence-electron chi connectivity index (χ4n) is 4.54. The maximum Gasteiger partial charge on any atom is 0.274 e. The summed E-state index contributed by atoms with van der Waals surface area (Å²) in [6, 6.07) is 0.207. The minimum absolute atomic E-state index is 0.0104. The Hall–Kier alpha value is -1.97. The molecule has 0 aromatic carbocycles. The second-order valence-electron chi connectivity index (χ2n) is 8.41. The second-order valence-corrected chi connectivity index (χ2v) is 8.41. The van der Waals surface area contributed by atoms with Crippen LogP contribution in [-0.4, -0.2) is 70.4 Å². The van der Waals surface area contributed by atoms with Crippen LogP contribution in [0.3, 0.4) is 0 Å². The van der Waals surface area contributed by atoms with Gasteiger partial charge in [-0.25, -0.2) is 0 Å². The minimum Gasteiger partial charge on any atom is -0.395 e. The van der Waals surface area contributed by atoms with Crippen LogP contribution in [0, 0.1) is 12.8 Å². The van der Waals surface area contributed by atoms with Gasteiger partial charge in [0.15, 0.2) is 5.69 Å². The van der Waals surface area contributed by atoms with Gasteiger partial charge in [0.05, 0.1) is 18.8 Å². The van der Waals surface area contributed by atoms with Gasteiger partial charge in [-0.2, -0.15) is 0 Å². The lowest BCUT2D eigenvalue weighted by Gasteiger charge is -2.34. The number of amides is 2. The first kappa shape index (κ1) is 22.7. The van der Waals surface area contributed by atoms with Crippen molar-refractivity contribution in [2.45, 2.75) is 70.6 Å². The maximum absolute atomic E-state index is 12.5. The van der Waals surface area contributed by atoms with Crippen molar-refractivity contribution in [3.63, 3.8) is 0 Å². The SMILES string of the molecule is Cc1onc(C(=O)NC2CCC(C(=O)NCCN3CCCCC3CO)CC2)c1CO. The number of aliphatic hydroxyl groups excluding tert-OH is 2. The molecule has 30 heavy (non-hydrogen) atoms. The van der Waals surface area contributed by atoms with Crippen LogP contribution in [0.5, 0.6) is 0 Å². The van der Waals surface area contributed by atoms with Crippen LogP contribution in [0.4, 0.5) is 0 Å². The molecule has 0 radical (unpaired) electrons. The number of hydrogen-bond donors (Lipinski definition) is 4. The first-order valence-corrected chi connectivity index (χ1v) is 11.0. The number of carbonyl (C=O) groups is 2. The maximum atomic E-state index is 12.5. The zero-order valence-electron chi connectivity index (χ0n) is 17.7. The number of hydrogen-bond acceptors (Lipinski definition) is 7. The third kappa shape index (κ3) is 5.59. The van der Waals surface area contributed by atoms with Gasteiger partial charge in [0, 0.05) is 31.1 Å². The van der Waals surface area contributed by atoms with Gasteiger partial charge in [0.1, 0.15) is 5.76 Å². The first-order valence-electron chi connectivity index (χ1n) is 11.0. The fourth-order valence-corrected chi connectivity index (χ4v) is 4.54. The molecule has 4 N–H and O–H groups in total. The molecule has 168 valence electrons. The molecule has 3 rings (SSSR count). The van der Waals surface area contributed by atoms with Gasteiger partial charge < -0.3 is 25.4 Å². The third-order valence-electron chi connectivity index (χ3n) is 6.45. The summed E-state index contributed by atoms with van der Waals surface area (Å²) >= 11 is 0. The lowest BCUT2D eigenvalue weighted by atomic mass is 9.85. The molecule has 2 aliphatic rings. The van der Waals surface area contributed by atoms with Crippen LogP contribution < -0.4 is 10.6 Å². The Labute approximate surface area is 177 Å². The minimum atomic E-state index is -0.344. The van der Waals surface area contributed by atoms with E-state index in [4.69, 9.17) is 4.52 Å². The van der Waals surface area contributed by atoms with Crippen LogP contribution in [0.15, 0.2) is 4.52 Å². The molecule has 1 saturated heterocycles. The lowest BCUT2D eigenvalue weighted by molar-refractivity contribution is -0.126. The van der Waals surface area contributed by atoms with Gasteiger partial charge in [-0.05, 0) is 52.0 Å². The molecule has 1 aromatic rings. The average molecular weight is 423 g/mol. The monoisotopic (exact) mass is 422 g/mol. The molecule has 9 heteroatoms. The summed E-state index contributed by atoms with van der Waals surface area (Å²) < 4.78 is 5.00. The number of carbonyl (C=O) groups excluding carboxylic acids is 2. The highest BCUT2D eigenvalue weighted by Crippen LogP contribution is 2.25. The summed E-state index contributed by atoms with van der Waals surface area (Å²) in [6.45, 7) is 3.90. The summed E-state index contributed by atoms with van der Waals surface area (Å²) in [6.07, 6.45) is 6.24. The standard InChI is InChI=1S/C21H34N4O5/c1-14-18(13-27)19(24-30-14)21(29)23-16-7-5-15(6-8-16)20(28)22-9-11-25-10-3-2-4-17(25)12-26/h15-17,26-27H,2-13H2,1H3,(H,22,28)(H,23,29). The van der Waals surface area contributed by atoms with Crippen LogP contribution >= 0.6 is 0 Å². The largest absolute Gasteiger partial charge is 0.395 e. The van der Waals surface area contributed by atoms with Crippen molar-refractivity contribution in [1.29, 1.82) is 0 Å². The zero-order chi connectivity index (χ0) is 21.5. The van der Waals surface area contributed by atoms with E-state index in [2.05, 4.69) is 20.7 Å². The van der Waals surface area contributed by atoms with Crippen LogP contribution in [0.25, 0.3) is 0 Å². The molecule has 1 atom stereocenters. The lowest BCUT2D eigenvalue weighted by Crippen LogP contribution is -2.46. The van der Waals surface area contributed by atoms with Gasteiger partial charge in [-0.1, -0.05) is 11.6 Å². The number of rotatable bonds is 8. The van der Waals surface area contributed by atoms with E-state index < -0.39 is 0 Å². The Bertz CT molecular complexity index is 714. The van der Waals surface area contributed by atoms with Gasteiger partial charge in [-0.3, -0.25) is 14.5 Å². The Kier molecular flexibility index (Phi) is 8.24. The Morgan fingerprint density at radius 2 is 1.93 bits per heavy atom. The summed E-state index contributed by atoms with van der Waals surface area (Å²) in [5, 5.41) is 28.6. The quantitative estimate of drug-likeness (QED) is 0.486. The van der Waals surface area contributed by atoms with Gasteiger partial charge in [0.25, 0.3) is 5.91 Å². The smallest absolute Gasteiger partial charge is 0.274 e. The van der Waals surface area contributed by atoms with Crippen molar-refractivity contribution in [3.05, 3.63) is 17.0 Å². The van der Waals surface area contributed by atoms with Crippen molar-refractivity contribution in [2.24, 2.45) is 5.92 Å². The predicted molar refractivity (Wildman–Crippen MR) is 110 cm³/mol. The van der Waals surface area contributed by atoms with E-state index in [9.17, 15) is 19.8 Å². The van der Waals surface area contributed by atoms with E-state index in [-0.39, 0.29) is 48.7 Å². The van der Waals surface area contributed by atoms with E-state index in [1.165, 1.54) is 0 Å². The van der Waals surface area contributed by atoms with E-state index in [1.807, 2.05) is 0 Å². The number of aryl methyl sites for hydroxylation is 1. The van der Waals surface area contributed by atoms with Crippen molar-refractivity contribution in [1.82, 2.24) is 20.7 Å². The van der Waals surface area contributed by atoms with Crippen LogP contribution in [0.2, 0.25) is 0 Å². The Balaban J connectivity index is 1.38. The number of likely N-dealkylation sites (tertiary alicyclic amines) is 1. The number of piperidine rings is 1. The third-order valence-corrected chi connectivity index (χ3v) is 6.45. The summed E-state index contributed by atoms with van der Waals surface area (Å²) in [5.74, 6) is 0.143. The zero-order valence-corrected chi connectivity index (χ0v) is 17.7. The fraction of sp³-hybridized carbons (Fsp3) is 0.762. The van der Waals surface area contributed by atoms with Crippen molar-refractivity contribution < 1.29 is 24.3 Å². The van der Waals surface area contributed by atoms with Gasteiger partial charge in [-0.15, -0.1) is 0 Å². The van der Waals surface area contributed by atoms with Crippen molar-refractivity contribution >= 4 is 11.8 Å². The number of nitrogens with zero attached hydrogens (tertiary/aromatic N) is 2. The van der Waals surface area contributed by atoms with E-state index in [1.54, 1.807) is 6.92 Å². The van der Waals surface area contributed by atoms with Gasteiger partial charge in [0.2, 0.25) is 5.91 Å². The van der Waals surface area contributed by atoms with Crippen molar-refractivity contribution in [3.8, 4) is 0 Å². The van der Waals surface area contributed by atoms with Crippen LogP contribution in [-0.2, 0) is 11.4 Å². The summed E-state index contributed by atoms with van der Waals surface area (Å²) in [5.41, 5.74) is 0.548. The molecule has 1 unspecified atom stereocenters. The summed E-state index contributed by atoms with van der Waals surface area (Å²) in [4.78, 5) is 27.2. The highest BCUT2D eigenvalue weighted by atomic mass is 16.5. The van der Waals surface area contributed by atoms with Crippen molar-refractivity contribution in [2.75, 3.05) is 26.2 Å². The van der Waals surface area contributed by atoms with Crippen LogP contribution in [0.1, 0.15) is 66.8 Å².